The van der Waals surface area contributed by atoms with E-state index in [4.69, 9.17) is 23.2 Å². The summed E-state index contributed by atoms with van der Waals surface area (Å²) in [4.78, 5) is 12.6. The Kier molecular flexibility index (Phi) is 7.93. The molecule has 1 amide bonds. The molecule has 1 fully saturated rings. The zero-order valence-electron chi connectivity index (χ0n) is 19.2. The number of rotatable bonds is 6. The standard InChI is InChI=1S/C25H27Cl2F3N4O/c1-15-12-23(34(33-15)20-9-5-18(26)6-10-20)31-14-16-2-7-19(8-3-16)32-24(35)21-13-17(25(28,29)30)4-11-22(21)27/h4-6,9-11,13,16,19,23,31H,2-3,7-8,12,14H2,1H3,(H,32,35)/t16-,19-,23?. The van der Waals surface area contributed by atoms with Gasteiger partial charge in [-0.2, -0.15) is 18.3 Å². The van der Waals surface area contributed by atoms with Gasteiger partial charge in [0.05, 0.1) is 21.8 Å². The van der Waals surface area contributed by atoms with Crippen LogP contribution in [0.1, 0.15) is 54.9 Å². The van der Waals surface area contributed by atoms with Gasteiger partial charge in [-0.1, -0.05) is 23.2 Å². The predicted octanol–water partition coefficient (Wildman–Crippen LogP) is 6.50. The first kappa shape index (κ1) is 25.8. The van der Waals surface area contributed by atoms with E-state index in [9.17, 15) is 18.0 Å². The molecule has 0 spiro atoms. The summed E-state index contributed by atoms with van der Waals surface area (Å²) >= 11 is 12.0. The Labute approximate surface area is 212 Å². The van der Waals surface area contributed by atoms with E-state index in [0.29, 0.717) is 10.9 Å². The van der Waals surface area contributed by atoms with E-state index in [1.807, 2.05) is 36.2 Å². The van der Waals surface area contributed by atoms with Crippen molar-refractivity contribution < 1.29 is 18.0 Å². The molecule has 35 heavy (non-hydrogen) atoms. The normalized spacial score (nSPS) is 22.7. The molecule has 1 saturated carbocycles. The molecule has 0 radical (unpaired) electrons. The lowest BCUT2D eigenvalue weighted by atomic mass is 9.85. The molecule has 1 aliphatic heterocycles. The monoisotopic (exact) mass is 526 g/mol. The summed E-state index contributed by atoms with van der Waals surface area (Å²) < 4.78 is 39.0. The summed E-state index contributed by atoms with van der Waals surface area (Å²) in [5, 5.41) is 13.8. The smallest absolute Gasteiger partial charge is 0.349 e. The molecule has 2 aromatic rings. The maximum Gasteiger partial charge on any atom is 0.416 e. The molecular formula is C25H27Cl2F3N4O. The number of alkyl halides is 3. The summed E-state index contributed by atoms with van der Waals surface area (Å²) in [6.07, 6.45) is -0.311. The highest BCUT2D eigenvalue weighted by Crippen LogP contribution is 2.32. The molecule has 2 aromatic carbocycles. The van der Waals surface area contributed by atoms with Gasteiger partial charge in [-0.15, -0.1) is 0 Å². The molecule has 0 aromatic heterocycles. The van der Waals surface area contributed by atoms with Crippen LogP contribution in [0.3, 0.4) is 0 Å². The maximum atomic E-state index is 13.0. The lowest BCUT2D eigenvalue weighted by Gasteiger charge is -2.31. The van der Waals surface area contributed by atoms with Gasteiger partial charge in [0.1, 0.15) is 6.17 Å². The average molecular weight is 527 g/mol. The van der Waals surface area contributed by atoms with E-state index in [-0.39, 0.29) is 22.8 Å². The molecule has 10 heteroatoms. The van der Waals surface area contributed by atoms with Crippen LogP contribution in [0.5, 0.6) is 0 Å². The van der Waals surface area contributed by atoms with Crippen molar-refractivity contribution in [1.82, 2.24) is 10.6 Å². The van der Waals surface area contributed by atoms with Crippen molar-refractivity contribution in [2.24, 2.45) is 11.0 Å². The van der Waals surface area contributed by atoms with Crippen LogP contribution >= 0.6 is 23.2 Å². The fourth-order valence-corrected chi connectivity index (χ4v) is 4.93. The molecule has 1 atom stereocenters. The summed E-state index contributed by atoms with van der Waals surface area (Å²) in [5.74, 6) is -0.131. The van der Waals surface area contributed by atoms with Crippen LogP contribution < -0.4 is 15.6 Å². The molecule has 2 aliphatic rings. The van der Waals surface area contributed by atoms with Gasteiger partial charge < -0.3 is 5.32 Å². The molecule has 2 N–H and O–H groups in total. The molecular weight excluding hydrogens is 500 g/mol. The molecule has 0 bridgehead atoms. The number of carbonyl (C=O) groups excluding carboxylic acids is 1. The molecule has 1 heterocycles. The van der Waals surface area contributed by atoms with Crippen LogP contribution in [0.25, 0.3) is 0 Å². The van der Waals surface area contributed by atoms with Gasteiger partial charge >= 0.3 is 6.18 Å². The topological polar surface area (TPSA) is 56.7 Å². The van der Waals surface area contributed by atoms with E-state index >= 15 is 0 Å². The number of benzene rings is 2. The number of nitrogens with zero attached hydrogens (tertiary/aromatic N) is 2. The number of hydrogen-bond donors (Lipinski definition) is 2. The molecule has 4 rings (SSSR count). The van der Waals surface area contributed by atoms with Gasteiger partial charge in [0.15, 0.2) is 0 Å². The van der Waals surface area contributed by atoms with Crippen molar-refractivity contribution in [2.75, 3.05) is 11.6 Å². The number of carbonyl (C=O) groups is 1. The third-order valence-corrected chi connectivity index (χ3v) is 7.10. The first-order valence-corrected chi connectivity index (χ1v) is 12.4. The second-order valence-electron chi connectivity index (χ2n) is 9.17. The Balaban J connectivity index is 1.27. The molecule has 188 valence electrons. The lowest BCUT2D eigenvalue weighted by Crippen LogP contribution is -2.44. The Morgan fingerprint density at radius 2 is 1.77 bits per heavy atom. The molecule has 0 saturated heterocycles. The Morgan fingerprint density at radius 1 is 1.09 bits per heavy atom. The Morgan fingerprint density at radius 3 is 2.43 bits per heavy atom. The van der Waals surface area contributed by atoms with Crippen LogP contribution in [0, 0.1) is 5.92 Å². The fraction of sp³-hybridized carbons (Fsp3) is 0.440. The second kappa shape index (κ2) is 10.8. The van der Waals surface area contributed by atoms with Gasteiger partial charge in [0.25, 0.3) is 5.91 Å². The zero-order chi connectivity index (χ0) is 25.2. The first-order chi connectivity index (χ1) is 16.6. The Hall–Kier alpha value is -2.29. The van der Waals surface area contributed by atoms with Crippen LogP contribution in [0.4, 0.5) is 18.9 Å². The van der Waals surface area contributed by atoms with E-state index < -0.39 is 17.6 Å². The highest BCUT2D eigenvalue weighted by molar-refractivity contribution is 6.33. The van der Waals surface area contributed by atoms with Crippen LogP contribution in [0.2, 0.25) is 10.0 Å². The first-order valence-electron chi connectivity index (χ1n) is 11.6. The summed E-state index contributed by atoms with van der Waals surface area (Å²) in [6, 6.07) is 10.3. The van der Waals surface area contributed by atoms with Crippen molar-refractivity contribution in [3.63, 3.8) is 0 Å². The van der Waals surface area contributed by atoms with Crippen molar-refractivity contribution in [1.29, 1.82) is 0 Å². The number of amides is 1. The largest absolute Gasteiger partial charge is 0.416 e. The van der Waals surface area contributed by atoms with Gasteiger partial charge in [-0.25, -0.2) is 5.01 Å². The van der Waals surface area contributed by atoms with Gasteiger partial charge in [-0.05, 0) is 87.5 Å². The summed E-state index contributed by atoms with van der Waals surface area (Å²) in [5.41, 5.74) is 0.991. The zero-order valence-corrected chi connectivity index (χ0v) is 20.7. The predicted molar refractivity (Wildman–Crippen MR) is 133 cm³/mol. The number of halogens is 5. The molecule has 5 nitrogen and oxygen atoms in total. The van der Waals surface area contributed by atoms with Crippen molar-refractivity contribution in [3.05, 3.63) is 63.6 Å². The summed E-state index contributed by atoms with van der Waals surface area (Å²) in [6.45, 7) is 2.83. The van der Waals surface area contributed by atoms with Crippen LogP contribution in [-0.2, 0) is 6.18 Å². The van der Waals surface area contributed by atoms with E-state index in [2.05, 4.69) is 15.7 Å². The minimum atomic E-state index is -4.53. The summed E-state index contributed by atoms with van der Waals surface area (Å²) in [7, 11) is 0. The van der Waals surface area contributed by atoms with E-state index in [0.717, 1.165) is 68.2 Å². The highest BCUT2D eigenvalue weighted by atomic mass is 35.5. The molecule has 1 aliphatic carbocycles. The fourth-order valence-electron chi connectivity index (χ4n) is 4.60. The van der Waals surface area contributed by atoms with Crippen molar-refractivity contribution in [3.8, 4) is 0 Å². The highest BCUT2D eigenvalue weighted by Gasteiger charge is 2.32. The average Bonchev–Trinajstić information content (AvgIpc) is 3.19. The van der Waals surface area contributed by atoms with Crippen molar-refractivity contribution >= 4 is 40.5 Å². The minimum Gasteiger partial charge on any atom is -0.349 e. The number of nitrogens with one attached hydrogen (secondary N) is 2. The lowest BCUT2D eigenvalue weighted by molar-refractivity contribution is -0.137. The van der Waals surface area contributed by atoms with Crippen LogP contribution in [0.15, 0.2) is 47.6 Å². The van der Waals surface area contributed by atoms with Gasteiger partial charge in [0, 0.05) is 23.2 Å². The number of hydrazone groups is 1. The van der Waals surface area contributed by atoms with E-state index in [1.165, 1.54) is 0 Å². The van der Waals surface area contributed by atoms with Gasteiger partial charge in [-0.3, -0.25) is 10.1 Å². The van der Waals surface area contributed by atoms with Crippen LogP contribution in [-0.4, -0.2) is 30.4 Å². The molecule has 1 unspecified atom stereocenters. The van der Waals surface area contributed by atoms with Crippen molar-refractivity contribution in [2.45, 2.75) is 57.4 Å². The maximum absolute atomic E-state index is 13.0. The van der Waals surface area contributed by atoms with Gasteiger partial charge in [0.2, 0.25) is 0 Å². The second-order valence-corrected chi connectivity index (χ2v) is 10.0. The SMILES string of the molecule is CC1=NN(c2ccc(Cl)cc2)C(NC[C@H]2CC[C@H](NC(=O)c3cc(C(F)(F)F)ccc3Cl)CC2)C1. The quantitative estimate of drug-likeness (QED) is 0.451. The Bertz CT molecular complexity index is 1080. The minimum absolute atomic E-state index is 0.00713. The number of hydrogen-bond acceptors (Lipinski definition) is 4. The van der Waals surface area contributed by atoms with E-state index in [1.54, 1.807) is 0 Å². The third-order valence-electron chi connectivity index (χ3n) is 6.52. The third kappa shape index (κ3) is 6.48. The number of anilines is 1.